The molecule has 5 aliphatic heterocycles. The summed E-state index contributed by atoms with van der Waals surface area (Å²) >= 11 is 0. The molecule has 2 aliphatic carbocycles. The second kappa shape index (κ2) is 13.8. The highest BCUT2D eigenvalue weighted by Gasteiger charge is 2.81. The van der Waals surface area contributed by atoms with E-state index in [2.05, 4.69) is 69.1 Å². The number of hydrogen-bond acceptors (Lipinski definition) is 11. The molecule has 3 unspecified atom stereocenters. The van der Waals surface area contributed by atoms with Crippen molar-refractivity contribution in [3.8, 4) is 0 Å². The third kappa shape index (κ3) is 5.09. The largest absolute Gasteiger partial charge is 0.468 e. The number of rotatable bonds is 7. The highest BCUT2D eigenvalue weighted by Crippen LogP contribution is 2.69. The number of carbonyl (C=O) groups is 3. The van der Waals surface area contributed by atoms with Crippen molar-refractivity contribution < 1.29 is 38.4 Å². The summed E-state index contributed by atoms with van der Waals surface area (Å²) in [7, 11) is 6.44. The van der Waals surface area contributed by atoms with E-state index in [1.807, 2.05) is 20.0 Å². The van der Waals surface area contributed by atoms with Crippen molar-refractivity contribution in [3.63, 3.8) is 0 Å². The maximum Gasteiger partial charge on any atom is 0.344 e. The van der Waals surface area contributed by atoms with Crippen LogP contribution in [0.15, 0.2) is 59.8 Å². The van der Waals surface area contributed by atoms with Crippen LogP contribution in [0.2, 0.25) is 0 Å². The van der Waals surface area contributed by atoms with Gasteiger partial charge in [0, 0.05) is 92.3 Å². The molecule has 2 bridgehead atoms. The molecule has 0 radical (unpaired) electrons. The van der Waals surface area contributed by atoms with Crippen molar-refractivity contribution >= 4 is 28.8 Å². The number of H-pyrrole nitrogens is 1. The lowest BCUT2D eigenvalue weighted by Crippen LogP contribution is -2.80. The number of allylic oxidation sites excluding steroid dienone is 1. The minimum absolute atomic E-state index is 0.146. The van der Waals surface area contributed by atoms with Crippen LogP contribution < -0.4 is 0 Å². The molecule has 9 rings (SSSR count). The summed E-state index contributed by atoms with van der Waals surface area (Å²) in [6.45, 7) is 9.69. The number of hydrogen-bond donors (Lipinski definition) is 2. The first-order valence-electron chi connectivity index (χ1n) is 20.9. The Morgan fingerprint density at radius 2 is 1.84 bits per heavy atom. The number of aromatic nitrogens is 1. The van der Waals surface area contributed by atoms with E-state index in [0.29, 0.717) is 25.3 Å². The Morgan fingerprint density at radius 1 is 1.05 bits per heavy atom. The minimum atomic E-state index is -2.23. The van der Waals surface area contributed by atoms with Gasteiger partial charge in [0.05, 0.1) is 20.3 Å². The maximum absolute atomic E-state index is 14.5. The molecule has 1 aromatic heterocycles. The van der Waals surface area contributed by atoms with Crippen LogP contribution in [0.3, 0.4) is 0 Å². The third-order valence-electron chi connectivity index (χ3n) is 15.6. The molecular formula is C45H58N4O8. The Balaban J connectivity index is 1.24. The minimum Gasteiger partial charge on any atom is -0.468 e. The molecule has 2 saturated heterocycles. The van der Waals surface area contributed by atoms with Gasteiger partial charge in [-0.15, -0.1) is 0 Å². The zero-order valence-corrected chi connectivity index (χ0v) is 34.3. The van der Waals surface area contributed by atoms with Crippen LogP contribution in [0.1, 0.15) is 63.6 Å². The molecule has 1 spiro atoms. The average molecular weight is 783 g/mol. The summed E-state index contributed by atoms with van der Waals surface area (Å²) < 4.78 is 24.1. The first-order valence-corrected chi connectivity index (χ1v) is 20.9. The number of esters is 3. The monoisotopic (exact) mass is 782 g/mol. The van der Waals surface area contributed by atoms with Gasteiger partial charge in [0.2, 0.25) is 5.60 Å². The number of ether oxygens (including phenoxy) is 4. The van der Waals surface area contributed by atoms with Crippen LogP contribution in [0.4, 0.5) is 0 Å². The number of para-hydroxylation sites is 1. The second-order valence-corrected chi connectivity index (χ2v) is 17.9. The molecule has 2 N–H and O–H groups in total. The molecule has 1 aromatic carbocycles. The van der Waals surface area contributed by atoms with Gasteiger partial charge in [-0.05, 0) is 60.8 Å². The van der Waals surface area contributed by atoms with E-state index < -0.39 is 52.5 Å². The van der Waals surface area contributed by atoms with Gasteiger partial charge < -0.3 is 33.9 Å². The van der Waals surface area contributed by atoms with Gasteiger partial charge in [-0.1, -0.05) is 62.8 Å². The van der Waals surface area contributed by atoms with Crippen molar-refractivity contribution in [2.45, 2.75) is 88.8 Å². The number of methoxy groups -OCH3 is 3. The summed E-state index contributed by atoms with van der Waals surface area (Å²) in [4.78, 5) is 52.6. The second-order valence-electron chi connectivity index (χ2n) is 17.9. The van der Waals surface area contributed by atoms with Gasteiger partial charge in [0.25, 0.3) is 0 Å². The topological polar surface area (TPSA) is 134 Å². The third-order valence-corrected chi connectivity index (χ3v) is 15.6. The van der Waals surface area contributed by atoms with Gasteiger partial charge in [-0.3, -0.25) is 19.4 Å². The lowest BCUT2D eigenvalue weighted by atomic mass is 9.47. The molecule has 13 atom stereocenters. The van der Waals surface area contributed by atoms with Crippen molar-refractivity contribution in [2.75, 3.05) is 54.6 Å². The fraction of sp³-hybridized carbons (Fsp3) is 0.622. The molecule has 12 heteroatoms. The van der Waals surface area contributed by atoms with Crippen molar-refractivity contribution in [1.29, 1.82) is 0 Å². The summed E-state index contributed by atoms with van der Waals surface area (Å²) in [5, 5.41) is 14.4. The van der Waals surface area contributed by atoms with Gasteiger partial charge in [0.15, 0.2) is 6.10 Å². The SMILES string of the molecule is CC[C@@H]1C[C@@H]2CN(Cc3c([nH]c4ccccc34)[C@H](C(=O)OC)C2[C@@H]2C=CC3=C(C2OC)N(C)[C@H]2[C@@](O)(C(=O)OC)[C@H](OC(C)=O)[C@]4(CC)C=CCN5CC[C@]32[C@@H]54)C1. The predicted octanol–water partition coefficient (Wildman–Crippen LogP) is 4.55. The van der Waals surface area contributed by atoms with Crippen LogP contribution in [0.5, 0.6) is 0 Å². The van der Waals surface area contributed by atoms with E-state index in [9.17, 15) is 19.5 Å². The first-order chi connectivity index (χ1) is 27.4. The molecule has 306 valence electrons. The van der Waals surface area contributed by atoms with Crippen LogP contribution in [0, 0.1) is 34.5 Å². The number of nitrogens with zero attached hydrogens (tertiary/aromatic N) is 3. The summed E-state index contributed by atoms with van der Waals surface area (Å²) in [6, 6.07) is 7.28. The number of benzene rings is 1. The summed E-state index contributed by atoms with van der Waals surface area (Å²) in [5.41, 5.74) is 1.11. The molecule has 1 saturated carbocycles. The molecule has 3 fully saturated rings. The number of likely N-dealkylation sites (N-methyl/N-ethyl adjacent to an activating group) is 1. The van der Waals surface area contributed by atoms with E-state index in [1.54, 1.807) is 7.11 Å². The molecule has 6 heterocycles. The molecule has 12 nitrogen and oxygen atoms in total. The zero-order chi connectivity index (χ0) is 40.2. The van der Waals surface area contributed by atoms with Crippen molar-refractivity contribution in [3.05, 3.63) is 71.1 Å². The summed E-state index contributed by atoms with van der Waals surface area (Å²) in [6.07, 6.45) is 10.2. The number of carbonyl (C=O) groups excluding carboxylic acids is 3. The molecule has 0 amide bonds. The van der Waals surface area contributed by atoms with Crippen LogP contribution in [-0.2, 0) is 39.9 Å². The smallest absolute Gasteiger partial charge is 0.344 e. The standard InChI is InChI=1S/C45H58N4O8/c1-8-26-21-27-23-48(22-26)24-30-28-13-10-11-14-32(28)46-35(30)34(38(51)55-6)33(27)29-15-16-31-36(37(29)54-5)47(4)40-44(31)18-20-49-19-12-17-43(9-2,39(44)49)41(57-25(3)50)45(40,53)42(52)56-7/h10-17,26-27,29,33-34,37,39-41,46,53H,8-9,18-24H2,1-7H3/t26-,27-,29+,33?,34-,37?,39+,40-,41-,43-,44-,45+/m1/s1. The van der Waals surface area contributed by atoms with E-state index in [4.69, 9.17) is 18.9 Å². The normalized spacial score (nSPS) is 40.5. The van der Waals surface area contributed by atoms with E-state index in [0.717, 1.165) is 72.5 Å². The lowest BCUT2D eigenvalue weighted by molar-refractivity contribution is -0.245. The average Bonchev–Trinajstić information content (AvgIpc) is 3.86. The number of aliphatic hydroxyl groups is 1. The highest BCUT2D eigenvalue weighted by molar-refractivity contribution is 5.89. The predicted molar refractivity (Wildman–Crippen MR) is 213 cm³/mol. The quantitative estimate of drug-likeness (QED) is 0.233. The van der Waals surface area contributed by atoms with Gasteiger partial charge in [-0.25, -0.2) is 4.79 Å². The van der Waals surface area contributed by atoms with Crippen LogP contribution in [0.25, 0.3) is 10.9 Å². The van der Waals surface area contributed by atoms with E-state index in [-0.39, 0.29) is 29.8 Å². The van der Waals surface area contributed by atoms with Crippen molar-refractivity contribution in [2.24, 2.45) is 34.5 Å². The lowest BCUT2D eigenvalue weighted by Gasteiger charge is -2.63. The number of fused-ring (bicyclic) bond motifs is 5. The Morgan fingerprint density at radius 3 is 2.54 bits per heavy atom. The van der Waals surface area contributed by atoms with Crippen LogP contribution in [-0.4, -0.2) is 127 Å². The van der Waals surface area contributed by atoms with Crippen molar-refractivity contribution in [1.82, 2.24) is 19.7 Å². The molecule has 57 heavy (non-hydrogen) atoms. The number of aromatic amines is 1. The van der Waals surface area contributed by atoms with Gasteiger partial charge in [0.1, 0.15) is 12.0 Å². The maximum atomic E-state index is 14.5. The van der Waals surface area contributed by atoms with Gasteiger partial charge in [-0.2, -0.15) is 0 Å². The Bertz CT molecular complexity index is 2080. The number of nitrogens with one attached hydrogen (secondary N) is 1. The Labute approximate surface area is 335 Å². The van der Waals surface area contributed by atoms with E-state index in [1.165, 1.54) is 21.1 Å². The van der Waals surface area contributed by atoms with E-state index >= 15 is 0 Å². The highest BCUT2D eigenvalue weighted by atomic mass is 16.6. The van der Waals surface area contributed by atoms with Crippen LogP contribution >= 0.6 is 0 Å². The first kappa shape index (κ1) is 38.5. The molecule has 7 aliphatic rings. The molecular weight excluding hydrogens is 725 g/mol. The fourth-order valence-electron chi connectivity index (χ4n) is 13.8. The van der Waals surface area contributed by atoms with Gasteiger partial charge >= 0.3 is 17.9 Å². The summed E-state index contributed by atoms with van der Waals surface area (Å²) in [5.74, 6) is -2.14. The Kier molecular flexibility index (Phi) is 9.34. The Hall–Kier alpha value is -3.97. The zero-order valence-electron chi connectivity index (χ0n) is 34.3. The molecule has 2 aromatic rings. The number of piperidine rings is 1. The fourth-order valence-corrected chi connectivity index (χ4v) is 13.8.